The van der Waals surface area contributed by atoms with Crippen LogP contribution in [0.2, 0.25) is 10.0 Å². The molecule has 6 nitrogen and oxygen atoms in total. The molecule has 0 bridgehead atoms. The summed E-state index contributed by atoms with van der Waals surface area (Å²) in [5.41, 5.74) is 1.20. The fourth-order valence-electron chi connectivity index (χ4n) is 2.12. The summed E-state index contributed by atoms with van der Waals surface area (Å²) in [6, 6.07) is 10.7. The summed E-state index contributed by atoms with van der Waals surface area (Å²) in [5, 5.41) is 3.49. The Balaban J connectivity index is 1.82. The molecular weight excluding hydrogens is 413 g/mol. The van der Waals surface area contributed by atoms with E-state index in [0.717, 1.165) is 0 Å². The molecule has 0 heterocycles. The van der Waals surface area contributed by atoms with E-state index in [1.165, 1.54) is 24.3 Å². The number of carbonyl (C=O) groups excluding carboxylic acids is 2. The molecule has 9 heteroatoms. The normalized spacial score (nSPS) is 11.1. The van der Waals surface area contributed by atoms with Crippen molar-refractivity contribution in [1.82, 2.24) is 0 Å². The first-order valence-corrected chi connectivity index (χ1v) is 10.3. The molecule has 0 saturated heterocycles. The number of sulfone groups is 1. The lowest BCUT2D eigenvalue weighted by Gasteiger charge is -2.10. The third-order valence-corrected chi connectivity index (χ3v) is 6.05. The lowest BCUT2D eigenvalue weighted by Crippen LogP contribution is -2.22. The predicted molar refractivity (Wildman–Crippen MR) is 104 cm³/mol. The first kappa shape index (κ1) is 21.2. The van der Waals surface area contributed by atoms with Crippen LogP contribution in [-0.4, -0.2) is 32.7 Å². The molecule has 0 aliphatic carbocycles. The Hall–Kier alpha value is -2.09. The van der Waals surface area contributed by atoms with E-state index in [1.54, 1.807) is 25.1 Å². The average molecular weight is 430 g/mol. The van der Waals surface area contributed by atoms with E-state index < -0.39 is 34.1 Å². The highest BCUT2D eigenvalue weighted by Gasteiger charge is 2.18. The Bertz CT molecular complexity index is 943. The van der Waals surface area contributed by atoms with Gasteiger partial charge in [-0.25, -0.2) is 8.42 Å². The smallest absolute Gasteiger partial charge is 0.307 e. The van der Waals surface area contributed by atoms with Crippen molar-refractivity contribution in [1.29, 1.82) is 0 Å². The van der Waals surface area contributed by atoms with E-state index in [-0.39, 0.29) is 11.3 Å². The van der Waals surface area contributed by atoms with Crippen LogP contribution in [0, 0.1) is 6.92 Å². The van der Waals surface area contributed by atoms with E-state index in [0.29, 0.717) is 21.3 Å². The summed E-state index contributed by atoms with van der Waals surface area (Å²) in [5.74, 6) is -1.76. The van der Waals surface area contributed by atoms with Crippen molar-refractivity contribution in [3.8, 4) is 0 Å². The molecule has 27 heavy (non-hydrogen) atoms. The number of nitrogens with one attached hydrogen (secondary N) is 1. The van der Waals surface area contributed by atoms with Crippen molar-refractivity contribution in [2.45, 2.75) is 18.2 Å². The lowest BCUT2D eigenvalue weighted by molar-refractivity contribution is -0.146. The van der Waals surface area contributed by atoms with Crippen molar-refractivity contribution in [2.24, 2.45) is 0 Å². The number of amides is 1. The molecule has 2 aromatic rings. The van der Waals surface area contributed by atoms with Gasteiger partial charge in [-0.2, -0.15) is 0 Å². The van der Waals surface area contributed by atoms with Crippen LogP contribution in [-0.2, 0) is 24.2 Å². The minimum atomic E-state index is -3.64. The first-order valence-electron chi connectivity index (χ1n) is 7.88. The molecule has 0 aromatic heterocycles. The zero-order chi connectivity index (χ0) is 20.0. The second kappa shape index (κ2) is 9.21. The molecular formula is C18H17Cl2NO5S. The number of rotatable bonds is 7. The summed E-state index contributed by atoms with van der Waals surface area (Å²) in [4.78, 5) is 23.7. The average Bonchev–Trinajstić information content (AvgIpc) is 2.62. The Labute approximate surface area is 167 Å². The van der Waals surface area contributed by atoms with Gasteiger partial charge in [0, 0.05) is 15.7 Å². The van der Waals surface area contributed by atoms with Crippen LogP contribution in [0.3, 0.4) is 0 Å². The summed E-state index contributed by atoms with van der Waals surface area (Å²) < 4.78 is 29.1. The molecule has 2 rings (SSSR count). The van der Waals surface area contributed by atoms with E-state index >= 15 is 0 Å². The number of benzene rings is 2. The molecule has 0 radical (unpaired) electrons. The van der Waals surface area contributed by atoms with E-state index in [4.69, 9.17) is 27.9 Å². The summed E-state index contributed by atoms with van der Waals surface area (Å²) in [7, 11) is -3.64. The van der Waals surface area contributed by atoms with Gasteiger partial charge in [0.25, 0.3) is 5.91 Å². The standard InChI is InChI=1S/C18H17Cl2NO5S/c1-12-15(20)3-2-4-16(12)21-17(22)11-26-18(23)9-10-27(24,25)14-7-5-13(19)6-8-14/h2-8H,9-11H2,1H3,(H,21,22). The predicted octanol–water partition coefficient (Wildman–Crippen LogP) is 3.65. The van der Waals surface area contributed by atoms with E-state index in [2.05, 4.69) is 5.32 Å². The number of anilines is 1. The summed E-state index contributed by atoms with van der Waals surface area (Å²) in [6.45, 7) is 1.22. The molecule has 0 fully saturated rings. The van der Waals surface area contributed by atoms with Gasteiger partial charge in [0.2, 0.25) is 0 Å². The minimum absolute atomic E-state index is 0.0638. The maximum Gasteiger partial charge on any atom is 0.307 e. The highest BCUT2D eigenvalue weighted by Crippen LogP contribution is 2.22. The number of halogens is 2. The van der Waals surface area contributed by atoms with Crippen molar-refractivity contribution in [2.75, 3.05) is 17.7 Å². The maximum atomic E-state index is 12.2. The number of hydrogen-bond acceptors (Lipinski definition) is 5. The topological polar surface area (TPSA) is 89.5 Å². The minimum Gasteiger partial charge on any atom is -0.456 e. The van der Waals surface area contributed by atoms with Crippen molar-refractivity contribution >= 4 is 50.6 Å². The number of hydrogen-bond donors (Lipinski definition) is 1. The van der Waals surface area contributed by atoms with Gasteiger partial charge in [-0.1, -0.05) is 29.3 Å². The maximum absolute atomic E-state index is 12.2. The van der Waals surface area contributed by atoms with Gasteiger partial charge in [0.1, 0.15) is 0 Å². The highest BCUT2D eigenvalue weighted by molar-refractivity contribution is 7.91. The van der Waals surface area contributed by atoms with Crippen molar-refractivity contribution in [3.05, 3.63) is 58.1 Å². The van der Waals surface area contributed by atoms with Crippen LogP contribution < -0.4 is 5.32 Å². The summed E-state index contributed by atoms with van der Waals surface area (Å²) in [6.07, 6.45) is -0.367. The Morgan fingerprint density at radius 3 is 2.41 bits per heavy atom. The molecule has 1 N–H and O–H groups in total. The van der Waals surface area contributed by atoms with Gasteiger partial charge in [-0.15, -0.1) is 0 Å². The van der Waals surface area contributed by atoms with Crippen molar-refractivity contribution in [3.63, 3.8) is 0 Å². The van der Waals surface area contributed by atoms with E-state index in [9.17, 15) is 18.0 Å². The van der Waals surface area contributed by atoms with Crippen LogP contribution in [0.4, 0.5) is 5.69 Å². The van der Waals surface area contributed by atoms with Crippen LogP contribution >= 0.6 is 23.2 Å². The molecule has 0 spiro atoms. The zero-order valence-electron chi connectivity index (χ0n) is 14.4. The molecule has 0 saturated carbocycles. The van der Waals surface area contributed by atoms with E-state index in [1.807, 2.05) is 0 Å². The SMILES string of the molecule is Cc1c(Cl)cccc1NC(=O)COC(=O)CCS(=O)(=O)c1ccc(Cl)cc1. The fourth-order valence-corrected chi connectivity index (χ4v) is 3.65. The van der Waals surface area contributed by atoms with Crippen LogP contribution in [0.25, 0.3) is 0 Å². The molecule has 144 valence electrons. The lowest BCUT2D eigenvalue weighted by atomic mass is 10.2. The quantitative estimate of drug-likeness (QED) is 0.678. The third-order valence-electron chi connectivity index (χ3n) is 3.65. The van der Waals surface area contributed by atoms with Gasteiger partial charge >= 0.3 is 5.97 Å². The monoisotopic (exact) mass is 429 g/mol. The van der Waals surface area contributed by atoms with Crippen LogP contribution in [0.5, 0.6) is 0 Å². The Morgan fingerprint density at radius 2 is 1.74 bits per heavy atom. The van der Waals surface area contributed by atoms with Gasteiger partial charge in [0.15, 0.2) is 16.4 Å². The Morgan fingerprint density at radius 1 is 1.07 bits per heavy atom. The molecule has 2 aromatic carbocycles. The van der Waals surface area contributed by atoms with Gasteiger partial charge < -0.3 is 10.1 Å². The molecule has 0 unspecified atom stereocenters. The second-order valence-corrected chi connectivity index (χ2v) is 8.60. The van der Waals surface area contributed by atoms with Crippen LogP contribution in [0.1, 0.15) is 12.0 Å². The largest absolute Gasteiger partial charge is 0.456 e. The van der Waals surface area contributed by atoms with Crippen molar-refractivity contribution < 1.29 is 22.7 Å². The third kappa shape index (κ3) is 6.23. The second-order valence-electron chi connectivity index (χ2n) is 5.64. The Kier molecular flexibility index (Phi) is 7.24. The van der Waals surface area contributed by atoms with Gasteiger partial charge in [0.05, 0.1) is 17.1 Å². The first-order chi connectivity index (χ1) is 12.7. The van der Waals surface area contributed by atoms with Gasteiger partial charge in [-0.3, -0.25) is 9.59 Å². The van der Waals surface area contributed by atoms with Gasteiger partial charge in [-0.05, 0) is 48.9 Å². The number of ether oxygens (including phenoxy) is 1. The number of esters is 1. The molecule has 1 amide bonds. The summed E-state index contributed by atoms with van der Waals surface area (Å²) >= 11 is 11.7. The molecule has 0 aliphatic heterocycles. The van der Waals surface area contributed by atoms with Crippen LogP contribution in [0.15, 0.2) is 47.4 Å². The fraction of sp³-hybridized carbons (Fsp3) is 0.222. The number of carbonyl (C=O) groups is 2. The molecule has 0 atom stereocenters. The highest BCUT2D eigenvalue weighted by atomic mass is 35.5. The zero-order valence-corrected chi connectivity index (χ0v) is 16.7. The molecule has 0 aliphatic rings.